The highest BCUT2D eigenvalue weighted by molar-refractivity contribution is 6.02. The van der Waals surface area contributed by atoms with Crippen LogP contribution in [-0.2, 0) is 17.8 Å². The third-order valence-corrected chi connectivity index (χ3v) is 5.06. The van der Waals surface area contributed by atoms with Gasteiger partial charge in [-0.25, -0.2) is 9.67 Å². The Labute approximate surface area is 165 Å². The fourth-order valence-corrected chi connectivity index (χ4v) is 3.65. The zero-order valence-electron chi connectivity index (χ0n) is 15.5. The highest BCUT2D eigenvalue weighted by Gasteiger charge is 2.36. The van der Waals surface area contributed by atoms with E-state index in [1.54, 1.807) is 15.8 Å². The molecule has 4 heterocycles. The van der Waals surface area contributed by atoms with Crippen LogP contribution in [0.1, 0.15) is 28.4 Å². The molecule has 0 saturated heterocycles. The van der Waals surface area contributed by atoms with Crippen LogP contribution < -0.4 is 15.0 Å². The summed E-state index contributed by atoms with van der Waals surface area (Å²) in [6.45, 7) is 1.32. The van der Waals surface area contributed by atoms with Gasteiger partial charge in [0.1, 0.15) is 18.5 Å². The second-order valence-electron chi connectivity index (χ2n) is 6.98. The first-order chi connectivity index (χ1) is 14.2. The normalized spacial score (nSPS) is 18.0. The highest BCUT2D eigenvalue weighted by atomic mass is 16.5. The number of amides is 2. The molecule has 2 aromatic heterocycles. The molecule has 2 amide bonds. The summed E-state index contributed by atoms with van der Waals surface area (Å²) in [5.74, 6) is 1.20. The average molecular weight is 393 g/mol. The average Bonchev–Trinajstić information content (AvgIpc) is 3.35. The number of ether oxygens (including phenoxy) is 1. The van der Waals surface area contributed by atoms with Crippen LogP contribution in [0.15, 0.2) is 36.5 Å². The lowest BCUT2D eigenvalue weighted by Gasteiger charge is -2.28. The van der Waals surface area contributed by atoms with Gasteiger partial charge in [0.05, 0.1) is 12.7 Å². The molecule has 148 valence electrons. The molecule has 0 bridgehead atoms. The van der Waals surface area contributed by atoms with Gasteiger partial charge in [-0.05, 0) is 12.0 Å². The van der Waals surface area contributed by atoms with Crippen molar-refractivity contribution in [2.24, 2.45) is 0 Å². The van der Waals surface area contributed by atoms with E-state index in [9.17, 15) is 9.59 Å². The Kier molecular flexibility index (Phi) is 4.23. The summed E-state index contributed by atoms with van der Waals surface area (Å²) in [5.41, 5.74) is 1.06. The molecule has 10 nitrogen and oxygen atoms in total. The van der Waals surface area contributed by atoms with Crippen LogP contribution in [0.3, 0.4) is 0 Å². The molecule has 0 aliphatic carbocycles. The van der Waals surface area contributed by atoms with E-state index in [0.717, 1.165) is 5.56 Å². The number of hydrogen-bond acceptors (Lipinski definition) is 6. The van der Waals surface area contributed by atoms with Gasteiger partial charge in [0.2, 0.25) is 5.82 Å². The van der Waals surface area contributed by atoms with E-state index < -0.39 is 11.9 Å². The van der Waals surface area contributed by atoms with Gasteiger partial charge < -0.3 is 10.1 Å². The minimum absolute atomic E-state index is 0.0216. The van der Waals surface area contributed by atoms with Crippen LogP contribution >= 0.6 is 0 Å². The predicted molar refractivity (Wildman–Crippen MR) is 102 cm³/mol. The van der Waals surface area contributed by atoms with E-state index in [4.69, 9.17) is 4.74 Å². The second kappa shape index (κ2) is 7.04. The summed E-state index contributed by atoms with van der Waals surface area (Å²) in [6.07, 6.45) is 2.59. The van der Waals surface area contributed by atoms with Gasteiger partial charge in [-0.2, -0.15) is 5.10 Å². The molecule has 10 heteroatoms. The van der Waals surface area contributed by atoms with Crippen LogP contribution in [0.4, 0.5) is 5.82 Å². The number of aryl methyl sites for hydroxylation is 1. The van der Waals surface area contributed by atoms with E-state index in [-0.39, 0.29) is 11.7 Å². The molecule has 0 saturated carbocycles. The first-order valence-corrected chi connectivity index (χ1v) is 9.45. The number of aromatic nitrogens is 5. The third-order valence-electron chi connectivity index (χ3n) is 5.06. The Hall–Kier alpha value is -3.69. The second-order valence-corrected chi connectivity index (χ2v) is 6.98. The van der Waals surface area contributed by atoms with Gasteiger partial charge >= 0.3 is 0 Å². The summed E-state index contributed by atoms with van der Waals surface area (Å²) in [6, 6.07) is 9.11. The van der Waals surface area contributed by atoms with Gasteiger partial charge in [-0.3, -0.25) is 19.6 Å². The fourth-order valence-electron chi connectivity index (χ4n) is 3.65. The van der Waals surface area contributed by atoms with Crippen molar-refractivity contribution in [3.05, 3.63) is 53.7 Å². The smallest absolute Gasteiger partial charge is 0.291 e. The number of carbonyl (C=O) groups excluding carboxylic acids is 2. The summed E-state index contributed by atoms with van der Waals surface area (Å²) in [5, 5.41) is 13.9. The molecule has 2 aliphatic heterocycles. The molecule has 3 aromatic rings. The molecule has 2 aliphatic rings. The SMILES string of the molecule is O=C(NC1CCn2ncc3c2N(CCO3)C1=O)c1n[nH]c(Cc2ccccc2)n1. The number of benzene rings is 1. The summed E-state index contributed by atoms with van der Waals surface area (Å²) in [4.78, 5) is 31.6. The standard InChI is InChI=1S/C19H19N7O3/c27-17(16-22-15(23-24-16)10-12-4-2-1-3-5-12)21-13-6-7-26-18-14(11-20-26)29-9-8-25(18)19(13)28/h1-5,11,13H,6-10H2,(H,21,27)(H,22,23,24). The van der Waals surface area contributed by atoms with Crippen molar-refractivity contribution in [2.75, 3.05) is 18.1 Å². The largest absolute Gasteiger partial charge is 0.486 e. The number of aromatic amines is 1. The Morgan fingerprint density at radius 1 is 1.28 bits per heavy atom. The summed E-state index contributed by atoms with van der Waals surface area (Å²) >= 11 is 0. The van der Waals surface area contributed by atoms with Crippen molar-refractivity contribution in [3.63, 3.8) is 0 Å². The summed E-state index contributed by atoms with van der Waals surface area (Å²) < 4.78 is 7.30. The maximum absolute atomic E-state index is 13.0. The molecule has 5 rings (SSSR count). The van der Waals surface area contributed by atoms with Gasteiger partial charge in [-0.15, -0.1) is 5.10 Å². The Bertz CT molecular complexity index is 1060. The molecule has 1 aromatic carbocycles. The zero-order chi connectivity index (χ0) is 19.8. The van der Waals surface area contributed by atoms with Gasteiger partial charge in [0.25, 0.3) is 11.8 Å². The number of carbonyl (C=O) groups is 2. The van der Waals surface area contributed by atoms with Crippen molar-refractivity contribution >= 4 is 17.6 Å². The fraction of sp³-hybridized carbons (Fsp3) is 0.316. The number of nitrogens with zero attached hydrogens (tertiary/aromatic N) is 5. The quantitative estimate of drug-likeness (QED) is 0.667. The molecule has 29 heavy (non-hydrogen) atoms. The zero-order valence-corrected chi connectivity index (χ0v) is 15.5. The molecule has 2 N–H and O–H groups in total. The number of H-pyrrole nitrogens is 1. The Morgan fingerprint density at radius 3 is 3.00 bits per heavy atom. The highest BCUT2D eigenvalue weighted by Crippen LogP contribution is 2.33. The maximum atomic E-state index is 13.0. The molecule has 0 spiro atoms. The minimum Gasteiger partial charge on any atom is -0.486 e. The molecular weight excluding hydrogens is 374 g/mol. The summed E-state index contributed by atoms with van der Waals surface area (Å²) in [7, 11) is 0. The van der Waals surface area contributed by atoms with Crippen molar-refractivity contribution in [3.8, 4) is 5.75 Å². The Balaban J connectivity index is 1.29. The van der Waals surface area contributed by atoms with Crippen LogP contribution in [0, 0.1) is 0 Å². The first-order valence-electron chi connectivity index (χ1n) is 9.45. The van der Waals surface area contributed by atoms with E-state index in [1.807, 2.05) is 30.3 Å². The van der Waals surface area contributed by atoms with Gasteiger partial charge in [0.15, 0.2) is 11.6 Å². The lowest BCUT2D eigenvalue weighted by atomic mass is 10.1. The van der Waals surface area contributed by atoms with E-state index in [0.29, 0.717) is 49.9 Å². The molecule has 0 radical (unpaired) electrons. The van der Waals surface area contributed by atoms with E-state index in [1.165, 1.54) is 0 Å². The van der Waals surface area contributed by atoms with Crippen LogP contribution in [0.25, 0.3) is 0 Å². The molecular formula is C19H19N7O3. The van der Waals surface area contributed by atoms with Crippen LogP contribution in [0.2, 0.25) is 0 Å². The van der Waals surface area contributed by atoms with Gasteiger partial charge in [0, 0.05) is 13.0 Å². The van der Waals surface area contributed by atoms with Gasteiger partial charge in [-0.1, -0.05) is 30.3 Å². The van der Waals surface area contributed by atoms with Crippen molar-refractivity contribution in [1.29, 1.82) is 0 Å². The number of rotatable bonds is 4. The lowest BCUT2D eigenvalue weighted by Crippen LogP contribution is -2.50. The molecule has 0 fully saturated rings. The number of hydrogen-bond donors (Lipinski definition) is 2. The molecule has 1 unspecified atom stereocenters. The Morgan fingerprint density at radius 2 is 2.14 bits per heavy atom. The molecule has 1 atom stereocenters. The van der Waals surface area contributed by atoms with Crippen molar-refractivity contribution in [1.82, 2.24) is 30.3 Å². The van der Waals surface area contributed by atoms with E-state index >= 15 is 0 Å². The maximum Gasteiger partial charge on any atom is 0.291 e. The monoisotopic (exact) mass is 393 g/mol. The van der Waals surface area contributed by atoms with Crippen LogP contribution in [0.5, 0.6) is 5.75 Å². The van der Waals surface area contributed by atoms with Crippen molar-refractivity contribution in [2.45, 2.75) is 25.4 Å². The third kappa shape index (κ3) is 3.22. The van der Waals surface area contributed by atoms with E-state index in [2.05, 4.69) is 25.6 Å². The number of nitrogens with one attached hydrogen (secondary N) is 2. The topological polar surface area (TPSA) is 118 Å². The minimum atomic E-state index is -0.675. The lowest BCUT2D eigenvalue weighted by molar-refractivity contribution is -0.120. The predicted octanol–water partition coefficient (Wildman–Crippen LogP) is 0.520. The first kappa shape index (κ1) is 17.4. The van der Waals surface area contributed by atoms with Crippen LogP contribution in [-0.4, -0.2) is 56.0 Å². The van der Waals surface area contributed by atoms with Crippen molar-refractivity contribution < 1.29 is 14.3 Å². The number of anilines is 1.